The van der Waals surface area contributed by atoms with Crippen LogP contribution in [-0.4, -0.2) is 19.2 Å². The van der Waals surface area contributed by atoms with Crippen LogP contribution in [-0.2, 0) is 10.3 Å². The second-order valence-corrected chi connectivity index (χ2v) is 10.3. The third-order valence-electron chi connectivity index (χ3n) is 6.54. The van der Waals surface area contributed by atoms with E-state index in [1.807, 2.05) is 18.2 Å². The smallest absolute Gasteiger partial charge is 0.283 e. The van der Waals surface area contributed by atoms with Crippen LogP contribution in [0, 0.1) is 5.41 Å². The Labute approximate surface area is 184 Å². The van der Waals surface area contributed by atoms with Crippen molar-refractivity contribution in [3.05, 3.63) is 53.1 Å². The largest absolute Gasteiger partial charge is 0.493 e. The van der Waals surface area contributed by atoms with E-state index < -0.39 is 5.54 Å². The van der Waals surface area contributed by atoms with Gasteiger partial charge in [0, 0.05) is 11.1 Å². The highest BCUT2D eigenvalue weighted by atomic mass is 16.5. The van der Waals surface area contributed by atoms with E-state index in [1.165, 1.54) is 37.7 Å². The fourth-order valence-electron chi connectivity index (χ4n) is 4.93. The van der Waals surface area contributed by atoms with Gasteiger partial charge in [-0.05, 0) is 60.1 Å². The molecular weight excluding hydrogens is 388 g/mol. The Kier molecular flexibility index (Phi) is 4.87. The molecule has 1 atom stereocenters. The van der Waals surface area contributed by atoms with E-state index >= 15 is 0 Å². The van der Waals surface area contributed by atoms with Gasteiger partial charge in [0.25, 0.3) is 6.02 Å². The minimum atomic E-state index is -0.696. The first kappa shape index (κ1) is 20.2. The van der Waals surface area contributed by atoms with Crippen molar-refractivity contribution < 1.29 is 14.2 Å². The van der Waals surface area contributed by atoms with Crippen LogP contribution in [0.3, 0.4) is 0 Å². The van der Waals surface area contributed by atoms with Crippen LogP contribution in [0.15, 0.2) is 41.4 Å². The van der Waals surface area contributed by atoms with Crippen LogP contribution in [0.25, 0.3) is 0 Å². The van der Waals surface area contributed by atoms with E-state index in [9.17, 15) is 0 Å². The van der Waals surface area contributed by atoms with Gasteiger partial charge in [0.15, 0.2) is 5.54 Å². The summed E-state index contributed by atoms with van der Waals surface area (Å²) >= 11 is 0. The Balaban J connectivity index is 1.57. The molecule has 0 unspecified atom stereocenters. The number of nitrogens with two attached hydrogens (primary N) is 1. The molecule has 2 N–H and O–H groups in total. The summed E-state index contributed by atoms with van der Waals surface area (Å²) in [5.74, 6) is 3.02. The van der Waals surface area contributed by atoms with Crippen molar-refractivity contribution in [2.24, 2.45) is 16.1 Å². The first-order valence-corrected chi connectivity index (χ1v) is 11.4. The van der Waals surface area contributed by atoms with Gasteiger partial charge in [-0.2, -0.15) is 0 Å². The van der Waals surface area contributed by atoms with Crippen LogP contribution in [0.4, 0.5) is 0 Å². The summed E-state index contributed by atoms with van der Waals surface area (Å²) in [6, 6.07) is 12.8. The second-order valence-electron chi connectivity index (χ2n) is 10.3. The number of aliphatic imine (C=N–C) groups is 1. The van der Waals surface area contributed by atoms with Crippen molar-refractivity contribution in [2.45, 2.75) is 64.3 Å². The maximum Gasteiger partial charge on any atom is 0.283 e. The van der Waals surface area contributed by atoms with Crippen LogP contribution < -0.4 is 15.2 Å². The number of hydrogen-bond donors (Lipinski definition) is 1. The third-order valence-corrected chi connectivity index (χ3v) is 6.54. The summed E-state index contributed by atoms with van der Waals surface area (Å²) in [6.45, 7) is 7.49. The normalized spacial score (nSPS) is 22.9. The quantitative estimate of drug-likeness (QED) is 0.676. The molecule has 2 heterocycles. The van der Waals surface area contributed by atoms with Gasteiger partial charge < -0.3 is 19.9 Å². The fraction of sp³-hybridized carbons (Fsp3) is 0.500. The summed E-state index contributed by atoms with van der Waals surface area (Å²) in [7, 11) is 0. The Morgan fingerprint density at radius 2 is 1.74 bits per heavy atom. The molecular formula is C26H32N2O3. The lowest BCUT2D eigenvalue weighted by Gasteiger charge is -2.35. The minimum Gasteiger partial charge on any atom is -0.493 e. The van der Waals surface area contributed by atoms with Gasteiger partial charge in [0.05, 0.1) is 6.61 Å². The molecule has 1 saturated carbocycles. The molecule has 1 fully saturated rings. The predicted molar refractivity (Wildman–Crippen MR) is 122 cm³/mol. The Morgan fingerprint density at radius 3 is 2.42 bits per heavy atom. The van der Waals surface area contributed by atoms with E-state index in [2.05, 4.69) is 39.0 Å². The van der Waals surface area contributed by atoms with Gasteiger partial charge in [0.2, 0.25) is 0 Å². The highest BCUT2D eigenvalue weighted by molar-refractivity contribution is 5.77. The molecule has 5 heteroatoms. The fourth-order valence-corrected chi connectivity index (χ4v) is 4.93. The third kappa shape index (κ3) is 3.75. The zero-order valence-corrected chi connectivity index (χ0v) is 18.7. The van der Waals surface area contributed by atoms with Crippen molar-refractivity contribution in [1.29, 1.82) is 0 Å². The highest BCUT2D eigenvalue weighted by Crippen LogP contribution is 2.52. The number of benzene rings is 2. The Morgan fingerprint density at radius 1 is 1.03 bits per heavy atom. The molecule has 0 bridgehead atoms. The number of amidine groups is 1. The average molecular weight is 421 g/mol. The first-order valence-electron chi connectivity index (χ1n) is 11.4. The molecule has 5 nitrogen and oxygen atoms in total. The lowest BCUT2D eigenvalue weighted by molar-refractivity contribution is 0.197. The Bertz CT molecular complexity index is 1020. The molecule has 2 aromatic carbocycles. The zero-order valence-electron chi connectivity index (χ0n) is 18.7. The van der Waals surface area contributed by atoms with Crippen LogP contribution in [0.2, 0.25) is 0 Å². The maximum atomic E-state index is 6.32. The topological polar surface area (TPSA) is 66.1 Å². The molecule has 31 heavy (non-hydrogen) atoms. The van der Waals surface area contributed by atoms with Crippen LogP contribution in [0.5, 0.6) is 17.2 Å². The summed E-state index contributed by atoms with van der Waals surface area (Å²) in [5, 5.41) is 0. The molecule has 0 amide bonds. The van der Waals surface area contributed by atoms with E-state index in [-0.39, 0.29) is 11.4 Å². The molecule has 164 valence electrons. The van der Waals surface area contributed by atoms with Gasteiger partial charge in [-0.1, -0.05) is 46.1 Å². The highest BCUT2D eigenvalue weighted by Gasteiger charge is 2.47. The molecule has 1 spiro atoms. The number of nitrogens with zero attached hydrogens (tertiary/aromatic N) is 1. The van der Waals surface area contributed by atoms with Gasteiger partial charge in [-0.15, -0.1) is 0 Å². The number of ether oxygens (including phenoxy) is 3. The van der Waals surface area contributed by atoms with Crippen molar-refractivity contribution in [3.63, 3.8) is 0 Å². The van der Waals surface area contributed by atoms with Gasteiger partial charge >= 0.3 is 0 Å². The van der Waals surface area contributed by atoms with E-state index in [0.29, 0.717) is 19.1 Å². The van der Waals surface area contributed by atoms with Crippen molar-refractivity contribution in [1.82, 2.24) is 0 Å². The Hall–Kier alpha value is -2.69. The van der Waals surface area contributed by atoms with Gasteiger partial charge in [-0.25, -0.2) is 4.99 Å². The van der Waals surface area contributed by atoms with Crippen molar-refractivity contribution in [2.75, 3.05) is 13.2 Å². The number of fused-ring (bicyclic) bond motifs is 4. The van der Waals surface area contributed by atoms with Crippen molar-refractivity contribution in [3.8, 4) is 17.2 Å². The molecule has 1 aliphatic carbocycles. The zero-order chi connectivity index (χ0) is 21.6. The summed E-state index contributed by atoms with van der Waals surface area (Å²) in [6.07, 6.45) is 6.43. The average Bonchev–Trinajstić information content (AvgIpc) is 3.15. The van der Waals surface area contributed by atoms with E-state index in [4.69, 9.17) is 24.9 Å². The lowest BCUT2D eigenvalue weighted by atomic mass is 9.78. The summed E-state index contributed by atoms with van der Waals surface area (Å²) in [5.41, 5.74) is 8.78. The molecule has 0 saturated heterocycles. The molecule has 3 aliphatic rings. The summed E-state index contributed by atoms with van der Waals surface area (Å²) < 4.78 is 18.1. The number of hydrogen-bond acceptors (Lipinski definition) is 5. The molecule has 0 radical (unpaired) electrons. The van der Waals surface area contributed by atoms with Gasteiger partial charge in [0.1, 0.15) is 23.9 Å². The first-order chi connectivity index (χ1) is 14.8. The number of rotatable bonds is 3. The molecule has 2 aromatic rings. The van der Waals surface area contributed by atoms with E-state index in [1.54, 1.807) is 0 Å². The second kappa shape index (κ2) is 7.47. The molecule has 5 rings (SSSR count). The standard InChI is InChI=1S/C26H32N2O3/c1-25(2,3)15-29-19-10-12-23-21(14-19)26(16-30-24(27)28-26)20-13-18(9-11-22(20)31-23)17-7-5-4-6-8-17/h9-14,17H,4-8,15-16H2,1-3H3,(H2,27,28)/t26-/m0/s1. The monoisotopic (exact) mass is 420 g/mol. The van der Waals surface area contributed by atoms with Gasteiger partial charge in [-0.3, -0.25) is 0 Å². The van der Waals surface area contributed by atoms with Crippen LogP contribution >= 0.6 is 0 Å². The molecule has 2 aliphatic heterocycles. The lowest BCUT2D eigenvalue weighted by Crippen LogP contribution is -2.31. The van der Waals surface area contributed by atoms with Crippen LogP contribution in [0.1, 0.15) is 75.5 Å². The molecule has 0 aromatic heterocycles. The summed E-state index contributed by atoms with van der Waals surface area (Å²) in [4.78, 5) is 4.84. The minimum absolute atomic E-state index is 0.0740. The predicted octanol–water partition coefficient (Wildman–Crippen LogP) is 5.85. The van der Waals surface area contributed by atoms with E-state index in [0.717, 1.165) is 28.4 Å². The van der Waals surface area contributed by atoms with Crippen molar-refractivity contribution >= 4 is 6.02 Å². The maximum absolute atomic E-state index is 6.32. The SMILES string of the molecule is CC(C)(C)COc1ccc2c(c1)[C@]1(COC(N)=N1)c1cc(C3CCCCC3)ccc1O2.